The molecule has 1 aromatic carbocycles. The lowest BCUT2D eigenvalue weighted by molar-refractivity contribution is 0.383. The van der Waals surface area contributed by atoms with E-state index in [1.165, 1.54) is 6.07 Å². The molecule has 0 N–H and O–H groups in total. The van der Waals surface area contributed by atoms with Crippen LogP contribution in [-0.2, 0) is 0 Å². The van der Waals surface area contributed by atoms with Gasteiger partial charge < -0.3 is 0 Å². The number of alkyl halides is 1. The van der Waals surface area contributed by atoms with E-state index < -0.39 is 5.50 Å². The summed E-state index contributed by atoms with van der Waals surface area (Å²) < 4.78 is 13.2. The van der Waals surface area contributed by atoms with E-state index in [4.69, 9.17) is 23.2 Å². The van der Waals surface area contributed by atoms with Gasteiger partial charge in [-0.25, -0.2) is 4.39 Å². The van der Waals surface area contributed by atoms with Crippen LogP contribution in [0, 0.1) is 12.7 Å². The summed E-state index contributed by atoms with van der Waals surface area (Å²) in [4.78, 5) is 1.76. The molecule has 0 fully saturated rings. The SMILES string of the molecule is Cc1cc(Cl)c(C(Cl)N(C)C)cc1F. The molecule has 1 nitrogen and oxygen atoms in total. The molecule has 0 saturated heterocycles. The van der Waals surface area contributed by atoms with E-state index in [1.54, 1.807) is 17.9 Å². The van der Waals surface area contributed by atoms with Gasteiger partial charge in [-0.1, -0.05) is 11.6 Å². The van der Waals surface area contributed by atoms with E-state index in [0.717, 1.165) is 0 Å². The van der Waals surface area contributed by atoms with Gasteiger partial charge in [0, 0.05) is 10.6 Å². The van der Waals surface area contributed by atoms with E-state index in [2.05, 4.69) is 0 Å². The normalized spacial score (nSPS) is 13.4. The van der Waals surface area contributed by atoms with E-state index in [0.29, 0.717) is 16.1 Å². The summed E-state index contributed by atoms with van der Waals surface area (Å²) in [6, 6.07) is 2.97. The van der Waals surface area contributed by atoms with Crippen molar-refractivity contribution in [3.05, 3.63) is 34.1 Å². The number of hydrogen-bond donors (Lipinski definition) is 0. The van der Waals surface area contributed by atoms with Crippen LogP contribution in [-0.4, -0.2) is 19.0 Å². The van der Waals surface area contributed by atoms with Gasteiger partial charge >= 0.3 is 0 Å². The van der Waals surface area contributed by atoms with Gasteiger partial charge in [-0.2, -0.15) is 0 Å². The average Bonchev–Trinajstić information content (AvgIpc) is 2.10. The van der Waals surface area contributed by atoms with Crippen molar-refractivity contribution in [3.63, 3.8) is 0 Å². The van der Waals surface area contributed by atoms with Crippen LogP contribution in [0.5, 0.6) is 0 Å². The summed E-state index contributed by atoms with van der Waals surface area (Å²) >= 11 is 12.0. The van der Waals surface area contributed by atoms with Gasteiger partial charge in [0.15, 0.2) is 0 Å². The van der Waals surface area contributed by atoms with E-state index in [-0.39, 0.29) is 5.82 Å². The van der Waals surface area contributed by atoms with E-state index >= 15 is 0 Å². The van der Waals surface area contributed by atoms with Crippen molar-refractivity contribution in [2.75, 3.05) is 14.1 Å². The molecule has 1 rings (SSSR count). The highest BCUT2D eigenvalue weighted by Crippen LogP contribution is 2.30. The van der Waals surface area contributed by atoms with Crippen molar-refractivity contribution in [2.45, 2.75) is 12.4 Å². The van der Waals surface area contributed by atoms with Crippen molar-refractivity contribution < 1.29 is 4.39 Å². The number of rotatable bonds is 2. The van der Waals surface area contributed by atoms with E-state index in [1.807, 2.05) is 14.1 Å². The van der Waals surface area contributed by atoms with E-state index in [9.17, 15) is 4.39 Å². The Bertz CT molecular complexity index is 339. The minimum Gasteiger partial charge on any atom is -0.290 e. The highest BCUT2D eigenvalue weighted by molar-refractivity contribution is 6.32. The highest BCUT2D eigenvalue weighted by Gasteiger charge is 2.15. The first kappa shape index (κ1) is 11.8. The molecule has 0 saturated carbocycles. The largest absolute Gasteiger partial charge is 0.290 e. The summed E-state index contributed by atoms with van der Waals surface area (Å²) in [5.41, 5.74) is 0.723. The Hall–Kier alpha value is -0.310. The number of hydrogen-bond acceptors (Lipinski definition) is 1. The topological polar surface area (TPSA) is 3.24 Å². The van der Waals surface area contributed by atoms with Gasteiger partial charge in [0.25, 0.3) is 0 Å². The summed E-state index contributed by atoms with van der Waals surface area (Å²) in [6.07, 6.45) is 0. The van der Waals surface area contributed by atoms with Gasteiger partial charge in [0.05, 0.1) is 0 Å². The molecule has 0 aliphatic rings. The van der Waals surface area contributed by atoms with Crippen molar-refractivity contribution in [1.29, 1.82) is 0 Å². The van der Waals surface area contributed by atoms with Crippen LogP contribution < -0.4 is 0 Å². The Morgan fingerprint density at radius 1 is 1.36 bits per heavy atom. The fourth-order valence-electron chi connectivity index (χ4n) is 1.12. The van der Waals surface area contributed by atoms with Crippen LogP contribution in [0.15, 0.2) is 12.1 Å². The van der Waals surface area contributed by atoms with Gasteiger partial charge in [-0.05, 0) is 38.7 Å². The Morgan fingerprint density at radius 2 is 1.93 bits per heavy atom. The molecule has 1 aromatic rings. The van der Waals surface area contributed by atoms with Crippen LogP contribution in [0.3, 0.4) is 0 Å². The average molecular weight is 236 g/mol. The van der Waals surface area contributed by atoms with Crippen LogP contribution in [0.1, 0.15) is 16.6 Å². The Balaban J connectivity index is 3.15. The summed E-state index contributed by atoms with van der Waals surface area (Å²) in [6.45, 7) is 1.67. The maximum atomic E-state index is 13.2. The number of benzene rings is 1. The second kappa shape index (κ2) is 4.47. The third kappa shape index (κ3) is 2.38. The van der Waals surface area contributed by atoms with Gasteiger partial charge in [-0.15, -0.1) is 11.6 Å². The Kier molecular flexibility index (Phi) is 3.76. The van der Waals surface area contributed by atoms with Crippen molar-refractivity contribution in [2.24, 2.45) is 0 Å². The van der Waals surface area contributed by atoms with Crippen molar-refractivity contribution in [1.82, 2.24) is 4.90 Å². The molecular formula is C10H12Cl2FN. The molecule has 1 atom stereocenters. The van der Waals surface area contributed by atoms with Crippen LogP contribution in [0.2, 0.25) is 5.02 Å². The van der Waals surface area contributed by atoms with Gasteiger partial charge in [0.1, 0.15) is 11.3 Å². The second-order valence-corrected chi connectivity index (χ2v) is 4.24. The molecule has 0 aliphatic heterocycles. The standard InChI is InChI=1S/C10H12Cl2FN/c1-6-4-8(11)7(5-9(6)13)10(12)14(2)3/h4-5,10H,1-3H3. The molecule has 78 valence electrons. The van der Waals surface area contributed by atoms with Gasteiger partial charge in [0.2, 0.25) is 0 Å². The summed E-state index contributed by atoms with van der Waals surface area (Å²) in [5, 5.41) is 0.498. The smallest absolute Gasteiger partial charge is 0.126 e. The lowest BCUT2D eigenvalue weighted by Gasteiger charge is -2.19. The lowest BCUT2D eigenvalue weighted by Crippen LogP contribution is -2.15. The molecule has 14 heavy (non-hydrogen) atoms. The molecule has 0 spiro atoms. The molecule has 1 unspecified atom stereocenters. The molecule has 4 heteroatoms. The third-order valence-corrected chi connectivity index (χ3v) is 2.94. The minimum absolute atomic E-state index is 0.281. The molecule has 0 heterocycles. The third-order valence-electron chi connectivity index (χ3n) is 1.99. The Labute approximate surface area is 93.4 Å². The quantitative estimate of drug-likeness (QED) is 0.560. The molecule has 0 amide bonds. The molecule has 0 bridgehead atoms. The van der Waals surface area contributed by atoms with Crippen molar-refractivity contribution in [3.8, 4) is 0 Å². The number of halogens is 3. The predicted molar refractivity (Wildman–Crippen MR) is 58.4 cm³/mol. The second-order valence-electron chi connectivity index (χ2n) is 3.42. The zero-order chi connectivity index (χ0) is 10.9. The summed E-state index contributed by atoms with van der Waals surface area (Å²) in [7, 11) is 3.62. The zero-order valence-corrected chi connectivity index (χ0v) is 9.83. The number of aryl methyl sites for hydroxylation is 1. The van der Waals surface area contributed by atoms with Crippen LogP contribution in [0.25, 0.3) is 0 Å². The first-order valence-corrected chi connectivity index (χ1v) is 5.01. The summed E-state index contributed by atoms with van der Waals surface area (Å²) in [5.74, 6) is -0.281. The fraction of sp³-hybridized carbons (Fsp3) is 0.400. The molecular weight excluding hydrogens is 224 g/mol. The zero-order valence-electron chi connectivity index (χ0n) is 8.31. The monoisotopic (exact) mass is 235 g/mol. The van der Waals surface area contributed by atoms with Crippen LogP contribution >= 0.6 is 23.2 Å². The first-order chi connectivity index (χ1) is 6.43. The van der Waals surface area contributed by atoms with Gasteiger partial charge in [-0.3, -0.25) is 4.90 Å². The molecule has 0 aromatic heterocycles. The maximum Gasteiger partial charge on any atom is 0.126 e. The first-order valence-electron chi connectivity index (χ1n) is 4.19. The maximum absolute atomic E-state index is 13.2. The Morgan fingerprint density at radius 3 is 2.43 bits per heavy atom. The fourth-order valence-corrected chi connectivity index (χ4v) is 1.68. The van der Waals surface area contributed by atoms with Crippen LogP contribution in [0.4, 0.5) is 4.39 Å². The molecule has 0 radical (unpaired) electrons. The highest BCUT2D eigenvalue weighted by atomic mass is 35.5. The molecule has 0 aliphatic carbocycles. The lowest BCUT2D eigenvalue weighted by atomic mass is 10.1. The number of nitrogens with zero attached hydrogens (tertiary/aromatic N) is 1. The minimum atomic E-state index is -0.405. The predicted octanol–water partition coefficient (Wildman–Crippen LogP) is 3.59. The van der Waals surface area contributed by atoms with Crippen molar-refractivity contribution >= 4 is 23.2 Å².